The van der Waals surface area contributed by atoms with Gasteiger partial charge in [-0.2, -0.15) is 0 Å². The lowest BCUT2D eigenvalue weighted by molar-refractivity contribution is 0.231. The van der Waals surface area contributed by atoms with Crippen LogP contribution in [-0.4, -0.2) is 19.6 Å². The van der Waals surface area contributed by atoms with E-state index >= 15 is 0 Å². The molecule has 0 aromatic heterocycles. The van der Waals surface area contributed by atoms with Crippen molar-refractivity contribution >= 4 is 5.69 Å². The van der Waals surface area contributed by atoms with E-state index in [0.717, 1.165) is 24.8 Å². The second kappa shape index (κ2) is 5.31. The van der Waals surface area contributed by atoms with E-state index in [1.807, 2.05) is 0 Å². The lowest BCUT2D eigenvalue weighted by Crippen LogP contribution is -2.42. The maximum Gasteiger partial charge on any atom is 0.0366 e. The first-order chi connectivity index (χ1) is 8.85. The van der Waals surface area contributed by atoms with E-state index in [2.05, 4.69) is 29.2 Å². The van der Waals surface area contributed by atoms with Gasteiger partial charge in [0.1, 0.15) is 0 Å². The number of anilines is 1. The number of fused-ring (bicyclic) bond motifs is 2. The Morgan fingerprint density at radius 3 is 2.33 bits per heavy atom. The Morgan fingerprint density at radius 2 is 1.72 bits per heavy atom. The van der Waals surface area contributed by atoms with Crippen molar-refractivity contribution in [3.63, 3.8) is 0 Å². The van der Waals surface area contributed by atoms with Gasteiger partial charge < -0.3 is 10.6 Å². The molecule has 0 amide bonds. The predicted molar refractivity (Wildman–Crippen MR) is 76.9 cm³/mol. The zero-order valence-electron chi connectivity index (χ0n) is 11.1. The van der Waals surface area contributed by atoms with E-state index in [-0.39, 0.29) is 0 Å². The summed E-state index contributed by atoms with van der Waals surface area (Å²) in [5.74, 6) is 1.89. The van der Waals surface area contributed by atoms with Crippen molar-refractivity contribution in [2.45, 2.75) is 32.1 Å². The molecule has 98 valence electrons. The fourth-order valence-electron chi connectivity index (χ4n) is 3.68. The summed E-state index contributed by atoms with van der Waals surface area (Å²) in [6, 6.07) is 9.05. The van der Waals surface area contributed by atoms with E-state index in [1.54, 1.807) is 0 Å². The van der Waals surface area contributed by atoms with Gasteiger partial charge in [0.2, 0.25) is 0 Å². The Kier molecular flexibility index (Phi) is 3.55. The smallest absolute Gasteiger partial charge is 0.0366 e. The van der Waals surface area contributed by atoms with Crippen LogP contribution in [0.25, 0.3) is 0 Å². The largest absolute Gasteiger partial charge is 0.371 e. The van der Waals surface area contributed by atoms with Gasteiger partial charge in [0.05, 0.1) is 0 Å². The van der Waals surface area contributed by atoms with Crippen LogP contribution in [0, 0.1) is 11.8 Å². The summed E-state index contributed by atoms with van der Waals surface area (Å²) in [7, 11) is 0. The molecular weight excluding hydrogens is 220 g/mol. The number of nitrogens with zero attached hydrogens (tertiary/aromatic N) is 1. The van der Waals surface area contributed by atoms with Gasteiger partial charge in [-0.05, 0) is 61.8 Å². The number of nitrogens with two attached hydrogens (primary N) is 1. The third-order valence-corrected chi connectivity index (χ3v) is 4.58. The first kappa shape index (κ1) is 12.0. The van der Waals surface area contributed by atoms with Crippen molar-refractivity contribution in [2.24, 2.45) is 17.6 Å². The van der Waals surface area contributed by atoms with Gasteiger partial charge >= 0.3 is 0 Å². The van der Waals surface area contributed by atoms with Crippen LogP contribution in [0.5, 0.6) is 0 Å². The molecule has 1 saturated carbocycles. The van der Waals surface area contributed by atoms with Gasteiger partial charge in [-0.25, -0.2) is 0 Å². The molecule has 1 saturated heterocycles. The highest BCUT2D eigenvalue weighted by Crippen LogP contribution is 2.36. The van der Waals surface area contributed by atoms with Crippen LogP contribution in [-0.2, 0) is 6.42 Å². The molecule has 2 unspecified atom stereocenters. The van der Waals surface area contributed by atoms with Crippen molar-refractivity contribution in [3.05, 3.63) is 29.8 Å². The summed E-state index contributed by atoms with van der Waals surface area (Å²) in [6.07, 6.45) is 6.81. The lowest BCUT2D eigenvalue weighted by atomic mass is 9.78. The summed E-state index contributed by atoms with van der Waals surface area (Å²) in [4.78, 5) is 2.60. The summed E-state index contributed by atoms with van der Waals surface area (Å²) in [5, 5.41) is 0. The fourth-order valence-corrected chi connectivity index (χ4v) is 3.68. The van der Waals surface area contributed by atoms with Crippen molar-refractivity contribution in [1.82, 2.24) is 0 Å². The lowest BCUT2D eigenvalue weighted by Gasteiger charge is -2.42. The van der Waals surface area contributed by atoms with Crippen LogP contribution in [0.3, 0.4) is 0 Å². The Bertz CT molecular complexity index is 373. The highest BCUT2D eigenvalue weighted by molar-refractivity contribution is 5.48. The number of rotatable bonds is 3. The third-order valence-electron chi connectivity index (χ3n) is 4.58. The van der Waals surface area contributed by atoms with E-state index in [9.17, 15) is 0 Å². The van der Waals surface area contributed by atoms with E-state index < -0.39 is 0 Å². The molecule has 3 rings (SSSR count). The minimum Gasteiger partial charge on any atom is -0.371 e. The Morgan fingerprint density at radius 1 is 1.06 bits per heavy atom. The Hall–Kier alpha value is -1.02. The SMILES string of the molecule is NCCc1ccc(N2CC3CCCC(C3)C2)cc1. The molecule has 2 atom stereocenters. The molecule has 2 fully saturated rings. The number of hydrogen-bond acceptors (Lipinski definition) is 2. The fraction of sp³-hybridized carbons (Fsp3) is 0.625. The minimum atomic E-state index is 0.743. The quantitative estimate of drug-likeness (QED) is 0.886. The standard InChI is InChI=1S/C16H24N2/c17-9-8-13-4-6-16(7-5-13)18-11-14-2-1-3-15(10-14)12-18/h4-7,14-15H,1-3,8-12,17H2. The van der Waals surface area contributed by atoms with E-state index in [1.165, 1.54) is 50.0 Å². The van der Waals surface area contributed by atoms with E-state index in [0.29, 0.717) is 0 Å². The molecule has 1 aromatic carbocycles. The highest BCUT2D eigenvalue weighted by atomic mass is 15.1. The Balaban J connectivity index is 1.70. The molecule has 2 aliphatic rings. The number of benzene rings is 1. The molecule has 0 radical (unpaired) electrons. The zero-order chi connectivity index (χ0) is 12.4. The maximum atomic E-state index is 5.59. The molecule has 0 spiro atoms. The second-order valence-electron chi connectivity index (χ2n) is 6.01. The molecule has 1 aliphatic carbocycles. The van der Waals surface area contributed by atoms with Crippen LogP contribution in [0.4, 0.5) is 5.69 Å². The summed E-state index contributed by atoms with van der Waals surface area (Å²) < 4.78 is 0. The van der Waals surface area contributed by atoms with Gasteiger partial charge in [-0.3, -0.25) is 0 Å². The molecule has 2 heteroatoms. The molecule has 2 N–H and O–H groups in total. The topological polar surface area (TPSA) is 29.3 Å². The summed E-state index contributed by atoms with van der Waals surface area (Å²) >= 11 is 0. The number of piperidine rings is 1. The predicted octanol–water partition coefficient (Wildman–Crippen LogP) is 2.81. The summed E-state index contributed by atoms with van der Waals surface area (Å²) in [6.45, 7) is 3.28. The van der Waals surface area contributed by atoms with Crippen LogP contribution in [0.2, 0.25) is 0 Å². The molecule has 18 heavy (non-hydrogen) atoms. The second-order valence-corrected chi connectivity index (χ2v) is 6.01. The van der Waals surface area contributed by atoms with Gasteiger partial charge in [-0.15, -0.1) is 0 Å². The molecule has 1 aromatic rings. The minimum absolute atomic E-state index is 0.743. The van der Waals surface area contributed by atoms with Crippen LogP contribution in [0.1, 0.15) is 31.2 Å². The third kappa shape index (κ3) is 2.54. The molecular formula is C16H24N2. The molecule has 1 aliphatic heterocycles. The first-order valence-electron chi connectivity index (χ1n) is 7.39. The number of hydrogen-bond donors (Lipinski definition) is 1. The first-order valence-corrected chi connectivity index (χ1v) is 7.39. The average molecular weight is 244 g/mol. The zero-order valence-corrected chi connectivity index (χ0v) is 11.1. The van der Waals surface area contributed by atoms with Crippen molar-refractivity contribution in [3.8, 4) is 0 Å². The Labute approximate surface area is 110 Å². The van der Waals surface area contributed by atoms with Crippen molar-refractivity contribution < 1.29 is 0 Å². The van der Waals surface area contributed by atoms with Gasteiger partial charge in [0, 0.05) is 18.8 Å². The average Bonchev–Trinajstić information content (AvgIpc) is 2.39. The highest BCUT2D eigenvalue weighted by Gasteiger charge is 2.30. The van der Waals surface area contributed by atoms with Gasteiger partial charge in [-0.1, -0.05) is 18.6 Å². The maximum absolute atomic E-state index is 5.59. The van der Waals surface area contributed by atoms with Gasteiger partial charge in [0.25, 0.3) is 0 Å². The van der Waals surface area contributed by atoms with Gasteiger partial charge in [0.15, 0.2) is 0 Å². The van der Waals surface area contributed by atoms with Crippen LogP contribution in [0.15, 0.2) is 24.3 Å². The van der Waals surface area contributed by atoms with E-state index in [4.69, 9.17) is 5.73 Å². The molecule has 2 bridgehead atoms. The van der Waals surface area contributed by atoms with Crippen LogP contribution < -0.4 is 10.6 Å². The summed E-state index contributed by atoms with van der Waals surface area (Å²) in [5.41, 5.74) is 8.36. The normalized spacial score (nSPS) is 27.3. The van der Waals surface area contributed by atoms with Crippen molar-refractivity contribution in [2.75, 3.05) is 24.5 Å². The molecule has 2 nitrogen and oxygen atoms in total. The van der Waals surface area contributed by atoms with Crippen LogP contribution >= 0.6 is 0 Å². The molecule has 1 heterocycles. The van der Waals surface area contributed by atoms with Crippen molar-refractivity contribution in [1.29, 1.82) is 0 Å². The monoisotopic (exact) mass is 244 g/mol.